The maximum absolute atomic E-state index is 12.5. The molecule has 0 fully saturated rings. The molecule has 1 amide bonds. The Labute approximate surface area is 149 Å². The van der Waals surface area contributed by atoms with Gasteiger partial charge in [0.2, 0.25) is 0 Å². The highest BCUT2D eigenvalue weighted by Crippen LogP contribution is 2.14. The summed E-state index contributed by atoms with van der Waals surface area (Å²) in [4.78, 5) is 14.9. The molecular formula is C20H27N2OS+. The number of rotatable bonds is 7. The first-order valence-electron chi connectivity index (χ1n) is 8.38. The maximum Gasteiger partial charge on any atom is 0.282 e. The van der Waals surface area contributed by atoms with Gasteiger partial charge < -0.3 is 10.2 Å². The summed E-state index contributed by atoms with van der Waals surface area (Å²) in [5.74, 6) is 0.0532. The van der Waals surface area contributed by atoms with Crippen LogP contribution in [0.2, 0.25) is 0 Å². The summed E-state index contributed by atoms with van der Waals surface area (Å²) >= 11 is 1.74. The van der Waals surface area contributed by atoms with E-state index in [1.165, 1.54) is 20.9 Å². The van der Waals surface area contributed by atoms with Crippen LogP contribution in [0.5, 0.6) is 0 Å². The first-order valence-corrected chi connectivity index (χ1v) is 9.61. The molecule has 0 aliphatic carbocycles. The molecule has 24 heavy (non-hydrogen) atoms. The zero-order chi connectivity index (χ0) is 17.5. The molecule has 2 atom stereocenters. The first kappa shape index (κ1) is 18.6. The van der Waals surface area contributed by atoms with Crippen molar-refractivity contribution in [3.8, 4) is 0 Å². The second kappa shape index (κ2) is 8.90. The summed E-state index contributed by atoms with van der Waals surface area (Å²) in [6, 6.07) is 16.5. The van der Waals surface area contributed by atoms with Crippen molar-refractivity contribution in [2.75, 3.05) is 18.6 Å². The number of likely N-dealkylation sites (N-methyl/N-ethyl adjacent to an activating group) is 1. The van der Waals surface area contributed by atoms with Gasteiger partial charge in [-0.1, -0.05) is 31.2 Å². The van der Waals surface area contributed by atoms with E-state index < -0.39 is 0 Å². The number of benzene rings is 2. The molecule has 3 nitrogen and oxygen atoms in total. The number of amides is 1. The minimum absolute atomic E-state index is 0.0532. The number of quaternary nitrogens is 1. The zero-order valence-corrected chi connectivity index (χ0v) is 15.7. The molecule has 0 spiro atoms. The van der Waals surface area contributed by atoms with Crippen LogP contribution in [0.25, 0.3) is 0 Å². The van der Waals surface area contributed by atoms with Crippen LogP contribution in [0.15, 0.2) is 53.4 Å². The smallest absolute Gasteiger partial charge is 0.282 e. The molecule has 2 aromatic carbocycles. The van der Waals surface area contributed by atoms with Crippen molar-refractivity contribution in [1.29, 1.82) is 0 Å². The normalized spacial score (nSPS) is 13.3. The highest BCUT2D eigenvalue weighted by Gasteiger charge is 2.22. The van der Waals surface area contributed by atoms with Crippen molar-refractivity contribution in [1.82, 2.24) is 0 Å². The average molecular weight is 344 g/mol. The fourth-order valence-corrected chi connectivity index (χ4v) is 2.92. The number of anilines is 1. The molecule has 0 saturated carbocycles. The van der Waals surface area contributed by atoms with E-state index in [0.717, 1.165) is 18.7 Å². The van der Waals surface area contributed by atoms with Gasteiger partial charge in [0, 0.05) is 16.1 Å². The van der Waals surface area contributed by atoms with Crippen LogP contribution < -0.4 is 10.2 Å². The Balaban J connectivity index is 1.92. The maximum atomic E-state index is 12.5. The number of thioether (sulfide) groups is 1. The van der Waals surface area contributed by atoms with Crippen LogP contribution in [0, 0.1) is 0 Å². The van der Waals surface area contributed by atoms with Gasteiger partial charge in [-0.25, -0.2) is 0 Å². The highest BCUT2D eigenvalue weighted by atomic mass is 32.2. The van der Waals surface area contributed by atoms with Crippen molar-refractivity contribution >= 4 is 23.4 Å². The van der Waals surface area contributed by atoms with Gasteiger partial charge in [0.25, 0.3) is 5.91 Å². The Hall–Kier alpha value is -1.78. The number of carbonyl (C=O) groups is 1. The van der Waals surface area contributed by atoms with Gasteiger partial charge >= 0.3 is 0 Å². The molecule has 0 bridgehead atoms. The van der Waals surface area contributed by atoms with Gasteiger partial charge in [-0.05, 0) is 49.4 Å². The lowest BCUT2D eigenvalue weighted by atomic mass is 10.1. The minimum atomic E-state index is -0.115. The number of hydrogen-bond donors (Lipinski definition) is 2. The summed E-state index contributed by atoms with van der Waals surface area (Å²) in [5.41, 5.74) is 3.39. The molecule has 2 rings (SSSR count). The molecular weight excluding hydrogens is 316 g/mol. The van der Waals surface area contributed by atoms with Gasteiger partial charge in [-0.15, -0.1) is 11.8 Å². The quantitative estimate of drug-likeness (QED) is 0.758. The summed E-state index contributed by atoms with van der Waals surface area (Å²) in [5, 5.41) is 3.01. The fraction of sp³-hybridized carbons (Fsp3) is 0.350. The number of nitrogens with one attached hydrogen (secondary N) is 2. The van der Waals surface area contributed by atoms with Crippen molar-refractivity contribution in [2.24, 2.45) is 0 Å². The highest BCUT2D eigenvalue weighted by molar-refractivity contribution is 7.98. The van der Waals surface area contributed by atoms with E-state index in [1.54, 1.807) is 11.8 Å². The third-order valence-corrected chi connectivity index (χ3v) is 5.15. The van der Waals surface area contributed by atoms with Crippen LogP contribution in [0.3, 0.4) is 0 Å². The molecule has 1 unspecified atom stereocenters. The molecule has 0 aliphatic rings. The first-order chi connectivity index (χ1) is 11.5. The van der Waals surface area contributed by atoms with Gasteiger partial charge in [0.05, 0.1) is 7.05 Å². The Morgan fingerprint density at radius 2 is 1.67 bits per heavy atom. The second-order valence-corrected chi connectivity index (χ2v) is 7.01. The minimum Gasteiger partial charge on any atom is -0.324 e. The third-order valence-electron chi connectivity index (χ3n) is 4.40. The lowest BCUT2D eigenvalue weighted by Crippen LogP contribution is -3.12. The summed E-state index contributed by atoms with van der Waals surface area (Å²) in [7, 11) is 2.06. The molecule has 128 valence electrons. The SMILES string of the molecule is CCc1ccc(NC(=O)[C@@H](C)[NH+](C)Cc2ccc(SC)cc2)cc1. The second-order valence-electron chi connectivity index (χ2n) is 6.13. The van der Waals surface area contributed by atoms with E-state index in [2.05, 4.69) is 61.9 Å². The van der Waals surface area contributed by atoms with E-state index in [0.29, 0.717) is 0 Å². The van der Waals surface area contributed by atoms with Crippen LogP contribution >= 0.6 is 11.8 Å². The lowest BCUT2D eigenvalue weighted by molar-refractivity contribution is -0.907. The monoisotopic (exact) mass is 343 g/mol. The van der Waals surface area contributed by atoms with E-state index in [4.69, 9.17) is 0 Å². The van der Waals surface area contributed by atoms with Crippen LogP contribution in [0.4, 0.5) is 5.69 Å². The summed E-state index contributed by atoms with van der Waals surface area (Å²) < 4.78 is 0. The molecule has 0 radical (unpaired) electrons. The summed E-state index contributed by atoms with van der Waals surface area (Å²) in [6.45, 7) is 4.93. The molecule has 0 saturated heterocycles. The number of hydrogen-bond acceptors (Lipinski definition) is 2. The predicted molar refractivity (Wildman–Crippen MR) is 103 cm³/mol. The van der Waals surface area contributed by atoms with Gasteiger partial charge in [-0.3, -0.25) is 4.79 Å². The third kappa shape index (κ3) is 5.11. The van der Waals surface area contributed by atoms with Gasteiger partial charge in [0.1, 0.15) is 6.54 Å². The average Bonchev–Trinajstić information content (AvgIpc) is 2.62. The Kier molecular flexibility index (Phi) is 6.88. The van der Waals surface area contributed by atoms with Crippen LogP contribution in [0.1, 0.15) is 25.0 Å². The molecule has 4 heteroatoms. The standard InChI is InChI=1S/C20H26N2OS/c1-5-16-6-10-18(11-7-16)21-20(23)15(2)22(3)14-17-8-12-19(24-4)13-9-17/h6-13,15H,5,14H2,1-4H3,(H,21,23)/p+1/t15-/m1/s1. The zero-order valence-electron chi connectivity index (χ0n) is 14.9. The van der Waals surface area contributed by atoms with Crippen molar-refractivity contribution in [2.45, 2.75) is 37.8 Å². The van der Waals surface area contributed by atoms with E-state index in [9.17, 15) is 4.79 Å². The van der Waals surface area contributed by atoms with Crippen LogP contribution in [-0.2, 0) is 17.8 Å². The predicted octanol–water partition coefficient (Wildman–Crippen LogP) is 3.01. The summed E-state index contributed by atoms with van der Waals surface area (Å²) in [6.07, 6.45) is 3.08. The topological polar surface area (TPSA) is 33.5 Å². The van der Waals surface area contributed by atoms with Gasteiger partial charge in [-0.2, -0.15) is 0 Å². The molecule has 0 aliphatic heterocycles. The molecule has 2 aromatic rings. The number of carbonyl (C=O) groups excluding carboxylic acids is 1. The Bertz CT molecular complexity index is 652. The van der Waals surface area contributed by atoms with E-state index >= 15 is 0 Å². The molecule has 0 aromatic heterocycles. The molecule has 0 heterocycles. The largest absolute Gasteiger partial charge is 0.324 e. The Morgan fingerprint density at radius 3 is 2.21 bits per heavy atom. The molecule has 2 N–H and O–H groups in total. The van der Waals surface area contributed by atoms with Crippen molar-refractivity contribution in [3.63, 3.8) is 0 Å². The van der Waals surface area contributed by atoms with Crippen molar-refractivity contribution in [3.05, 3.63) is 59.7 Å². The number of aryl methyl sites for hydroxylation is 1. The van der Waals surface area contributed by atoms with E-state index in [1.807, 2.05) is 19.1 Å². The lowest BCUT2D eigenvalue weighted by Gasteiger charge is -2.21. The Morgan fingerprint density at radius 1 is 1.08 bits per heavy atom. The van der Waals surface area contributed by atoms with Crippen LogP contribution in [-0.4, -0.2) is 25.3 Å². The van der Waals surface area contributed by atoms with Crippen molar-refractivity contribution < 1.29 is 9.69 Å². The van der Waals surface area contributed by atoms with E-state index in [-0.39, 0.29) is 11.9 Å². The fourth-order valence-electron chi connectivity index (χ4n) is 2.52. The van der Waals surface area contributed by atoms with Gasteiger partial charge in [0.15, 0.2) is 6.04 Å².